The molecule has 0 saturated carbocycles. The van der Waals surface area contributed by atoms with Crippen LogP contribution in [0.25, 0.3) is 0 Å². The highest BCUT2D eigenvalue weighted by Gasteiger charge is 2.46. The van der Waals surface area contributed by atoms with Crippen LogP contribution < -0.4 is 15.8 Å². The zero-order valence-corrected chi connectivity index (χ0v) is 16.1. The standard InChI is InChI=1S/C20H21F2N3O4/c1-9-10(2)29-18(15(9)12-4-5-13(21)16(22)17(12)28-3)20(27)25-11-6-7-24-14(8-11)19(23)26/h4-10,15,18H,1-3H3,(H2,23,26)(H,24,25,27)/t9-,10+,15+,18-/m0/s1. The number of aromatic nitrogens is 1. The molecule has 2 heterocycles. The van der Waals surface area contributed by atoms with E-state index < -0.39 is 35.5 Å². The molecular weight excluding hydrogens is 384 g/mol. The molecule has 1 saturated heterocycles. The number of nitrogens with one attached hydrogen (secondary N) is 1. The van der Waals surface area contributed by atoms with Crippen LogP contribution in [0.15, 0.2) is 30.5 Å². The smallest absolute Gasteiger partial charge is 0.267 e. The SMILES string of the molecule is COc1c([C@H]2[C@@H](C)[C@@H](C)O[C@@H]2C(=O)Nc2ccnc(C(N)=O)c2)ccc(F)c1F. The Morgan fingerprint density at radius 1 is 1.24 bits per heavy atom. The fourth-order valence-electron chi connectivity index (χ4n) is 3.55. The number of carbonyl (C=O) groups is 2. The maximum atomic E-state index is 14.2. The minimum absolute atomic E-state index is 0.00398. The van der Waals surface area contributed by atoms with Crippen molar-refractivity contribution < 1.29 is 27.8 Å². The lowest BCUT2D eigenvalue weighted by molar-refractivity contribution is -0.127. The van der Waals surface area contributed by atoms with Gasteiger partial charge in [-0.05, 0) is 31.0 Å². The number of halogens is 2. The highest BCUT2D eigenvalue weighted by atomic mass is 19.2. The van der Waals surface area contributed by atoms with Crippen molar-refractivity contribution in [2.75, 3.05) is 12.4 Å². The largest absolute Gasteiger partial charge is 0.493 e. The zero-order valence-electron chi connectivity index (χ0n) is 16.1. The first-order chi connectivity index (χ1) is 13.7. The van der Waals surface area contributed by atoms with Gasteiger partial charge in [0.1, 0.15) is 11.8 Å². The molecule has 0 radical (unpaired) electrons. The number of rotatable bonds is 5. The molecule has 2 amide bonds. The normalized spacial score (nSPS) is 23.6. The molecule has 1 aromatic carbocycles. The Hall–Kier alpha value is -3.07. The van der Waals surface area contributed by atoms with Crippen LogP contribution in [0.3, 0.4) is 0 Å². The molecule has 29 heavy (non-hydrogen) atoms. The lowest BCUT2D eigenvalue weighted by Gasteiger charge is -2.23. The number of hydrogen-bond donors (Lipinski definition) is 2. The molecule has 0 bridgehead atoms. The van der Waals surface area contributed by atoms with Gasteiger partial charge in [-0.15, -0.1) is 0 Å². The van der Waals surface area contributed by atoms with Crippen molar-refractivity contribution in [1.82, 2.24) is 4.98 Å². The maximum Gasteiger partial charge on any atom is 0.267 e. The van der Waals surface area contributed by atoms with Crippen molar-refractivity contribution in [3.05, 3.63) is 53.4 Å². The number of carbonyl (C=O) groups excluding carboxylic acids is 2. The van der Waals surface area contributed by atoms with E-state index in [1.165, 1.54) is 31.5 Å². The third-order valence-corrected chi connectivity index (χ3v) is 5.18. The number of pyridine rings is 1. The summed E-state index contributed by atoms with van der Waals surface area (Å²) in [7, 11) is 1.24. The molecule has 1 aliphatic rings. The molecule has 1 fully saturated rings. The minimum atomic E-state index is -1.11. The van der Waals surface area contributed by atoms with Gasteiger partial charge in [-0.3, -0.25) is 14.6 Å². The Morgan fingerprint density at radius 3 is 2.62 bits per heavy atom. The third kappa shape index (κ3) is 3.91. The first kappa shape index (κ1) is 20.7. The minimum Gasteiger partial charge on any atom is -0.493 e. The summed E-state index contributed by atoms with van der Waals surface area (Å²) in [5.41, 5.74) is 5.86. The number of anilines is 1. The molecule has 1 aliphatic heterocycles. The van der Waals surface area contributed by atoms with Crippen LogP contribution in [0.1, 0.15) is 35.8 Å². The Kier molecular flexibility index (Phi) is 5.78. The van der Waals surface area contributed by atoms with Crippen LogP contribution in [-0.2, 0) is 9.53 Å². The van der Waals surface area contributed by atoms with Gasteiger partial charge >= 0.3 is 0 Å². The van der Waals surface area contributed by atoms with Crippen molar-refractivity contribution >= 4 is 17.5 Å². The van der Waals surface area contributed by atoms with Crippen molar-refractivity contribution in [2.24, 2.45) is 11.7 Å². The van der Waals surface area contributed by atoms with Gasteiger partial charge in [0.15, 0.2) is 11.6 Å². The summed E-state index contributed by atoms with van der Waals surface area (Å²) in [5.74, 6) is -4.39. The third-order valence-electron chi connectivity index (χ3n) is 5.18. The van der Waals surface area contributed by atoms with E-state index in [4.69, 9.17) is 15.2 Å². The average Bonchev–Trinajstić information content (AvgIpc) is 2.99. The van der Waals surface area contributed by atoms with Crippen LogP contribution >= 0.6 is 0 Å². The van der Waals surface area contributed by atoms with E-state index >= 15 is 0 Å². The summed E-state index contributed by atoms with van der Waals surface area (Å²) >= 11 is 0. The number of benzene rings is 1. The highest BCUT2D eigenvalue weighted by Crippen LogP contribution is 2.44. The molecule has 4 atom stereocenters. The molecule has 3 N–H and O–H groups in total. The lowest BCUT2D eigenvalue weighted by Crippen LogP contribution is -2.33. The Bertz CT molecular complexity index is 953. The topological polar surface area (TPSA) is 104 Å². The van der Waals surface area contributed by atoms with Gasteiger partial charge in [0.05, 0.1) is 13.2 Å². The number of nitrogens with zero attached hydrogens (tertiary/aromatic N) is 1. The van der Waals surface area contributed by atoms with Gasteiger partial charge in [-0.1, -0.05) is 13.0 Å². The number of primary amides is 1. The molecule has 2 aromatic rings. The first-order valence-corrected chi connectivity index (χ1v) is 8.98. The van der Waals surface area contributed by atoms with E-state index in [0.29, 0.717) is 11.3 Å². The zero-order chi connectivity index (χ0) is 21.3. The summed E-state index contributed by atoms with van der Waals surface area (Å²) in [6, 6.07) is 5.24. The number of amides is 2. The summed E-state index contributed by atoms with van der Waals surface area (Å²) in [6.45, 7) is 3.66. The quantitative estimate of drug-likeness (QED) is 0.796. The monoisotopic (exact) mass is 405 g/mol. The fourth-order valence-corrected chi connectivity index (χ4v) is 3.55. The molecule has 154 valence electrons. The van der Waals surface area contributed by atoms with Gasteiger partial charge in [0.25, 0.3) is 11.8 Å². The Balaban J connectivity index is 1.94. The van der Waals surface area contributed by atoms with Crippen LogP contribution in [0.2, 0.25) is 0 Å². The predicted molar refractivity (Wildman–Crippen MR) is 101 cm³/mol. The number of hydrogen-bond acceptors (Lipinski definition) is 5. The van der Waals surface area contributed by atoms with E-state index in [9.17, 15) is 18.4 Å². The predicted octanol–water partition coefficient (Wildman–Crippen LogP) is 2.61. The number of ether oxygens (including phenoxy) is 2. The first-order valence-electron chi connectivity index (χ1n) is 8.98. The van der Waals surface area contributed by atoms with Crippen LogP contribution in [0.5, 0.6) is 5.75 Å². The second-order valence-electron chi connectivity index (χ2n) is 6.91. The van der Waals surface area contributed by atoms with Crippen molar-refractivity contribution in [1.29, 1.82) is 0 Å². The van der Waals surface area contributed by atoms with Crippen molar-refractivity contribution in [3.63, 3.8) is 0 Å². The van der Waals surface area contributed by atoms with Crippen LogP contribution in [0, 0.1) is 17.6 Å². The molecule has 0 unspecified atom stereocenters. The van der Waals surface area contributed by atoms with Crippen LogP contribution in [0.4, 0.5) is 14.5 Å². The molecule has 7 nitrogen and oxygen atoms in total. The number of methoxy groups -OCH3 is 1. The van der Waals surface area contributed by atoms with E-state index in [1.54, 1.807) is 6.92 Å². The van der Waals surface area contributed by atoms with Gasteiger partial charge in [-0.25, -0.2) is 4.39 Å². The second-order valence-corrected chi connectivity index (χ2v) is 6.91. The van der Waals surface area contributed by atoms with Crippen molar-refractivity contribution in [3.8, 4) is 5.75 Å². The highest BCUT2D eigenvalue weighted by molar-refractivity contribution is 5.97. The van der Waals surface area contributed by atoms with Gasteiger partial charge in [-0.2, -0.15) is 4.39 Å². The molecule has 3 rings (SSSR count). The Labute approximate surface area is 166 Å². The molecule has 1 aromatic heterocycles. The molecular formula is C20H21F2N3O4. The fraction of sp³-hybridized carbons (Fsp3) is 0.350. The average molecular weight is 405 g/mol. The lowest BCUT2D eigenvalue weighted by atomic mass is 9.82. The number of nitrogens with two attached hydrogens (primary N) is 1. The summed E-state index contributed by atoms with van der Waals surface area (Å²) < 4.78 is 38.8. The van der Waals surface area contributed by atoms with Gasteiger partial charge < -0.3 is 20.5 Å². The van der Waals surface area contributed by atoms with E-state index in [-0.39, 0.29) is 23.5 Å². The van der Waals surface area contributed by atoms with E-state index in [0.717, 1.165) is 6.07 Å². The van der Waals surface area contributed by atoms with Crippen molar-refractivity contribution in [2.45, 2.75) is 32.0 Å². The molecule has 0 aliphatic carbocycles. The molecule has 0 spiro atoms. The summed E-state index contributed by atoms with van der Waals surface area (Å²) in [5, 5.41) is 2.66. The molecule has 9 heteroatoms. The van der Waals surface area contributed by atoms with Crippen LogP contribution in [-0.4, -0.2) is 36.1 Å². The van der Waals surface area contributed by atoms with E-state index in [1.807, 2.05) is 6.92 Å². The second kappa shape index (κ2) is 8.12. The maximum absolute atomic E-state index is 14.2. The van der Waals surface area contributed by atoms with Gasteiger partial charge in [0, 0.05) is 23.4 Å². The van der Waals surface area contributed by atoms with E-state index in [2.05, 4.69) is 10.3 Å². The summed E-state index contributed by atoms with van der Waals surface area (Å²) in [4.78, 5) is 28.1. The Morgan fingerprint density at radius 2 is 1.97 bits per heavy atom. The van der Waals surface area contributed by atoms with Gasteiger partial charge in [0.2, 0.25) is 5.82 Å². The summed E-state index contributed by atoms with van der Waals surface area (Å²) in [6.07, 6.45) is 0.0444.